The summed E-state index contributed by atoms with van der Waals surface area (Å²) in [5.41, 5.74) is 5.40. The van der Waals surface area contributed by atoms with Crippen LogP contribution in [0.1, 0.15) is 33.6 Å². The summed E-state index contributed by atoms with van der Waals surface area (Å²) in [4.78, 5) is 24.3. The number of nitrogens with two attached hydrogens (primary N) is 1. The first-order valence-electron chi connectivity index (χ1n) is 7.31. The van der Waals surface area contributed by atoms with Gasteiger partial charge in [-0.25, -0.2) is 4.79 Å². The fourth-order valence-electron chi connectivity index (χ4n) is 2.26. The molecule has 1 rings (SSSR count). The minimum Gasteiger partial charge on any atom is -0.396 e. The molecule has 120 valence electrons. The molecule has 1 atom stereocenters. The monoisotopic (exact) mass is 298 g/mol. The summed E-state index contributed by atoms with van der Waals surface area (Å²) >= 11 is 0. The van der Waals surface area contributed by atoms with E-state index in [4.69, 9.17) is 10.8 Å². The van der Waals surface area contributed by atoms with Crippen LogP contribution >= 0.6 is 0 Å². The molecule has 1 heterocycles. The van der Waals surface area contributed by atoms with Crippen LogP contribution < -0.4 is 22.3 Å². The van der Waals surface area contributed by atoms with E-state index >= 15 is 0 Å². The highest BCUT2D eigenvalue weighted by atomic mass is 16.3. The van der Waals surface area contributed by atoms with Gasteiger partial charge in [0.15, 0.2) is 0 Å². The molecule has 1 aromatic heterocycles. The molecular weight excluding hydrogens is 272 g/mol. The molecule has 0 aliphatic carbocycles. The third kappa shape index (κ3) is 3.66. The molecule has 1 unspecified atom stereocenters. The van der Waals surface area contributed by atoms with E-state index in [1.807, 2.05) is 20.8 Å². The highest BCUT2D eigenvalue weighted by Gasteiger charge is 2.20. The Morgan fingerprint density at radius 2 is 1.95 bits per heavy atom. The predicted molar refractivity (Wildman–Crippen MR) is 84.6 cm³/mol. The molecule has 0 saturated carbocycles. The molecule has 21 heavy (non-hydrogen) atoms. The van der Waals surface area contributed by atoms with Crippen molar-refractivity contribution in [1.82, 2.24) is 9.13 Å². The molecule has 4 N–H and O–H groups in total. The third-order valence-corrected chi connectivity index (χ3v) is 3.61. The maximum absolute atomic E-state index is 12.3. The maximum atomic E-state index is 12.3. The first kappa shape index (κ1) is 17.3. The van der Waals surface area contributed by atoms with Crippen LogP contribution in [0.5, 0.6) is 0 Å². The van der Waals surface area contributed by atoms with Crippen molar-refractivity contribution in [1.29, 1.82) is 0 Å². The highest BCUT2D eigenvalue weighted by Crippen LogP contribution is 2.17. The van der Waals surface area contributed by atoms with Crippen LogP contribution in [0.4, 0.5) is 11.5 Å². The fourth-order valence-corrected chi connectivity index (χ4v) is 2.26. The molecule has 0 aliphatic rings. The lowest BCUT2D eigenvalue weighted by Crippen LogP contribution is -2.42. The summed E-state index contributed by atoms with van der Waals surface area (Å²) in [6.07, 6.45) is 1.25. The SMILES string of the molecule is CCCn1c(N)c(NC(CCO)C(C)C)c(=O)n(C)c1=O. The Labute approximate surface area is 124 Å². The number of rotatable bonds is 7. The van der Waals surface area contributed by atoms with Crippen molar-refractivity contribution >= 4 is 11.5 Å². The average molecular weight is 298 g/mol. The number of aliphatic hydroxyl groups is 1. The van der Waals surface area contributed by atoms with Gasteiger partial charge in [-0.15, -0.1) is 0 Å². The van der Waals surface area contributed by atoms with Crippen LogP contribution in [0, 0.1) is 5.92 Å². The van der Waals surface area contributed by atoms with Crippen molar-refractivity contribution in [2.24, 2.45) is 13.0 Å². The molecular formula is C14H26N4O3. The van der Waals surface area contributed by atoms with Crippen LogP contribution in [-0.4, -0.2) is 26.9 Å². The van der Waals surface area contributed by atoms with Crippen molar-refractivity contribution in [2.45, 2.75) is 46.2 Å². The maximum Gasteiger partial charge on any atom is 0.332 e. The number of hydrogen-bond donors (Lipinski definition) is 3. The number of nitrogens with one attached hydrogen (secondary N) is 1. The standard InChI is InChI=1S/C14H26N4O3/c1-5-7-18-12(15)11(13(20)17(4)14(18)21)16-10(6-8-19)9(2)3/h9-10,16,19H,5-8,15H2,1-4H3. The number of aromatic nitrogens is 2. The predicted octanol–water partition coefficient (Wildman–Crippen LogP) is 0.358. The second-order valence-electron chi connectivity index (χ2n) is 5.57. The lowest BCUT2D eigenvalue weighted by molar-refractivity contribution is 0.267. The number of anilines is 2. The van der Waals surface area contributed by atoms with Gasteiger partial charge in [0.2, 0.25) is 0 Å². The van der Waals surface area contributed by atoms with E-state index < -0.39 is 11.2 Å². The third-order valence-electron chi connectivity index (χ3n) is 3.61. The summed E-state index contributed by atoms with van der Waals surface area (Å²) in [7, 11) is 1.44. The van der Waals surface area contributed by atoms with E-state index in [-0.39, 0.29) is 30.1 Å². The summed E-state index contributed by atoms with van der Waals surface area (Å²) in [6.45, 7) is 6.41. The Kier molecular flexibility index (Phi) is 6.02. The Balaban J connectivity index is 3.35. The summed E-state index contributed by atoms with van der Waals surface area (Å²) < 4.78 is 2.46. The molecule has 0 aromatic carbocycles. The molecule has 7 heteroatoms. The second-order valence-corrected chi connectivity index (χ2v) is 5.57. The fraction of sp³-hybridized carbons (Fsp3) is 0.714. The summed E-state index contributed by atoms with van der Waals surface area (Å²) in [6, 6.07) is -0.0856. The number of nitrogen functional groups attached to an aromatic ring is 1. The van der Waals surface area contributed by atoms with Gasteiger partial charge in [0.25, 0.3) is 5.56 Å². The molecule has 0 saturated heterocycles. The molecule has 7 nitrogen and oxygen atoms in total. The summed E-state index contributed by atoms with van der Waals surface area (Å²) in [5.74, 6) is 0.376. The van der Waals surface area contributed by atoms with Gasteiger partial charge in [0.05, 0.1) is 0 Å². The van der Waals surface area contributed by atoms with E-state index in [1.165, 1.54) is 11.6 Å². The molecule has 0 amide bonds. The number of nitrogens with zero attached hydrogens (tertiary/aromatic N) is 2. The van der Waals surface area contributed by atoms with Gasteiger partial charge in [-0.2, -0.15) is 0 Å². The Bertz CT molecular complexity index is 589. The van der Waals surface area contributed by atoms with E-state index in [0.29, 0.717) is 13.0 Å². The van der Waals surface area contributed by atoms with Crippen molar-refractivity contribution in [3.8, 4) is 0 Å². The zero-order chi connectivity index (χ0) is 16.2. The van der Waals surface area contributed by atoms with Gasteiger partial charge < -0.3 is 16.2 Å². The smallest absolute Gasteiger partial charge is 0.332 e. The van der Waals surface area contributed by atoms with E-state index in [1.54, 1.807) is 0 Å². The van der Waals surface area contributed by atoms with Crippen molar-refractivity contribution in [3.05, 3.63) is 20.8 Å². The first-order chi connectivity index (χ1) is 9.84. The van der Waals surface area contributed by atoms with Gasteiger partial charge in [0, 0.05) is 26.2 Å². The van der Waals surface area contributed by atoms with Crippen LogP contribution in [-0.2, 0) is 13.6 Å². The van der Waals surface area contributed by atoms with Gasteiger partial charge in [-0.05, 0) is 18.8 Å². The lowest BCUT2D eigenvalue weighted by atomic mass is 10.0. The van der Waals surface area contributed by atoms with Gasteiger partial charge in [0.1, 0.15) is 11.5 Å². The van der Waals surface area contributed by atoms with Crippen molar-refractivity contribution < 1.29 is 5.11 Å². The molecule has 0 spiro atoms. The normalized spacial score (nSPS) is 12.7. The number of aliphatic hydroxyl groups excluding tert-OH is 1. The van der Waals surface area contributed by atoms with Crippen LogP contribution in [0.2, 0.25) is 0 Å². The topological polar surface area (TPSA) is 102 Å². The Hall–Kier alpha value is -1.76. The minimum absolute atomic E-state index is 0.0185. The van der Waals surface area contributed by atoms with Crippen LogP contribution in [0.25, 0.3) is 0 Å². The van der Waals surface area contributed by atoms with Crippen molar-refractivity contribution in [2.75, 3.05) is 17.7 Å². The molecule has 0 bridgehead atoms. The zero-order valence-corrected chi connectivity index (χ0v) is 13.2. The quantitative estimate of drug-likeness (QED) is 0.674. The molecule has 0 aliphatic heterocycles. The molecule has 0 fully saturated rings. The van der Waals surface area contributed by atoms with Crippen LogP contribution in [0.3, 0.4) is 0 Å². The Morgan fingerprint density at radius 1 is 1.33 bits per heavy atom. The van der Waals surface area contributed by atoms with Crippen LogP contribution in [0.15, 0.2) is 9.59 Å². The largest absolute Gasteiger partial charge is 0.396 e. The Morgan fingerprint density at radius 3 is 2.43 bits per heavy atom. The summed E-state index contributed by atoms with van der Waals surface area (Å²) in [5, 5.41) is 12.2. The first-order valence-corrected chi connectivity index (χ1v) is 7.31. The number of hydrogen-bond acceptors (Lipinski definition) is 5. The van der Waals surface area contributed by atoms with E-state index in [9.17, 15) is 9.59 Å². The second kappa shape index (κ2) is 7.31. The zero-order valence-electron chi connectivity index (χ0n) is 13.2. The minimum atomic E-state index is -0.437. The molecule has 1 aromatic rings. The van der Waals surface area contributed by atoms with Crippen molar-refractivity contribution in [3.63, 3.8) is 0 Å². The van der Waals surface area contributed by atoms with E-state index in [0.717, 1.165) is 11.0 Å². The van der Waals surface area contributed by atoms with E-state index in [2.05, 4.69) is 5.32 Å². The lowest BCUT2D eigenvalue weighted by Gasteiger charge is -2.24. The van der Waals surface area contributed by atoms with Gasteiger partial charge in [-0.3, -0.25) is 13.9 Å². The highest BCUT2D eigenvalue weighted by molar-refractivity contribution is 5.61. The van der Waals surface area contributed by atoms with Gasteiger partial charge in [-0.1, -0.05) is 20.8 Å². The van der Waals surface area contributed by atoms with Gasteiger partial charge >= 0.3 is 5.69 Å². The molecule has 0 radical (unpaired) electrons. The average Bonchev–Trinajstić information content (AvgIpc) is 2.44.